The number of sulfonamides is 1. The summed E-state index contributed by atoms with van der Waals surface area (Å²) in [6, 6.07) is 7.14. The van der Waals surface area contributed by atoms with Crippen molar-refractivity contribution in [3.63, 3.8) is 0 Å². The average Bonchev–Trinajstić information content (AvgIpc) is 3.02. The Morgan fingerprint density at radius 3 is 2.64 bits per heavy atom. The van der Waals surface area contributed by atoms with Gasteiger partial charge in [-0.05, 0) is 43.4 Å². The van der Waals surface area contributed by atoms with Gasteiger partial charge in [0.05, 0.1) is 6.26 Å². The summed E-state index contributed by atoms with van der Waals surface area (Å²) in [6.07, 6.45) is 11.0. The highest BCUT2D eigenvalue weighted by Gasteiger charge is 2.31. The Morgan fingerprint density at radius 2 is 1.92 bits per heavy atom. The third kappa shape index (κ3) is 4.97. The van der Waals surface area contributed by atoms with Crippen molar-refractivity contribution >= 4 is 21.6 Å². The van der Waals surface area contributed by atoms with Gasteiger partial charge in [0.2, 0.25) is 10.0 Å². The van der Waals surface area contributed by atoms with Crippen LogP contribution < -0.4 is 4.72 Å². The van der Waals surface area contributed by atoms with Crippen molar-refractivity contribution < 1.29 is 13.2 Å². The van der Waals surface area contributed by atoms with E-state index in [9.17, 15) is 13.2 Å². The molecule has 1 saturated heterocycles. The second-order valence-corrected chi connectivity index (χ2v) is 9.24. The molecular weight excluding hydrogens is 336 g/mol. The second-order valence-electron chi connectivity index (χ2n) is 7.49. The zero-order valence-corrected chi connectivity index (χ0v) is 15.7. The molecule has 1 aromatic carbocycles. The molecule has 1 aromatic rings. The van der Waals surface area contributed by atoms with Crippen molar-refractivity contribution in [1.82, 2.24) is 4.90 Å². The molecule has 1 amide bonds. The van der Waals surface area contributed by atoms with Crippen LogP contribution in [0.25, 0.3) is 0 Å². The van der Waals surface area contributed by atoms with E-state index in [1.54, 1.807) is 24.3 Å². The second kappa shape index (κ2) is 7.77. The highest BCUT2D eigenvalue weighted by Crippen LogP contribution is 2.32. The van der Waals surface area contributed by atoms with Crippen LogP contribution in [0.4, 0.5) is 5.69 Å². The average molecular weight is 365 g/mol. The molecule has 0 radical (unpaired) electrons. The number of anilines is 1. The van der Waals surface area contributed by atoms with Crippen LogP contribution in [-0.2, 0) is 10.0 Å². The fourth-order valence-corrected chi connectivity index (χ4v) is 4.81. The van der Waals surface area contributed by atoms with Gasteiger partial charge in [0.25, 0.3) is 5.91 Å². The maximum atomic E-state index is 13.0. The molecule has 0 spiro atoms. The predicted octanol–water partition coefficient (Wildman–Crippen LogP) is 3.63. The van der Waals surface area contributed by atoms with Crippen LogP contribution in [-0.4, -0.2) is 38.1 Å². The molecule has 0 aromatic heterocycles. The van der Waals surface area contributed by atoms with E-state index in [0.29, 0.717) is 17.3 Å². The maximum Gasteiger partial charge on any atom is 0.254 e. The summed E-state index contributed by atoms with van der Waals surface area (Å²) in [5, 5.41) is 0. The minimum atomic E-state index is -3.34. The number of nitrogens with one attached hydrogen (secondary N) is 1. The molecule has 1 N–H and O–H groups in total. The number of benzene rings is 1. The molecule has 3 rings (SSSR count). The summed E-state index contributed by atoms with van der Waals surface area (Å²) in [4.78, 5) is 15.0. The summed E-state index contributed by atoms with van der Waals surface area (Å²) < 4.78 is 25.3. The van der Waals surface area contributed by atoms with Gasteiger partial charge in [0.15, 0.2) is 0 Å². The molecule has 1 saturated carbocycles. The largest absolute Gasteiger partial charge is 0.336 e. The summed E-state index contributed by atoms with van der Waals surface area (Å²) in [6.45, 7) is 0.806. The van der Waals surface area contributed by atoms with E-state index >= 15 is 0 Å². The summed E-state index contributed by atoms with van der Waals surface area (Å²) in [5.41, 5.74) is 1.00. The van der Waals surface area contributed by atoms with Crippen LogP contribution in [0.3, 0.4) is 0 Å². The molecule has 1 atom stereocenters. The van der Waals surface area contributed by atoms with Crippen molar-refractivity contribution in [3.05, 3.63) is 29.8 Å². The van der Waals surface area contributed by atoms with E-state index < -0.39 is 10.0 Å². The maximum absolute atomic E-state index is 13.0. The van der Waals surface area contributed by atoms with Gasteiger partial charge in [-0.25, -0.2) is 8.42 Å². The fraction of sp³-hybridized carbons (Fsp3) is 0.632. The van der Waals surface area contributed by atoms with Gasteiger partial charge >= 0.3 is 0 Å². The predicted molar refractivity (Wildman–Crippen MR) is 100 cm³/mol. The first-order valence-electron chi connectivity index (χ1n) is 9.31. The van der Waals surface area contributed by atoms with Gasteiger partial charge < -0.3 is 4.90 Å². The third-order valence-electron chi connectivity index (χ3n) is 5.38. The summed E-state index contributed by atoms with van der Waals surface area (Å²) in [5.74, 6) is 0.779. The monoisotopic (exact) mass is 364 g/mol. The number of hydrogen-bond donors (Lipinski definition) is 1. The minimum Gasteiger partial charge on any atom is -0.336 e. The van der Waals surface area contributed by atoms with Gasteiger partial charge in [-0.2, -0.15) is 0 Å². The van der Waals surface area contributed by atoms with Crippen LogP contribution in [0.1, 0.15) is 61.7 Å². The molecule has 0 bridgehead atoms. The lowest BCUT2D eigenvalue weighted by Crippen LogP contribution is -2.37. The molecule has 1 aliphatic carbocycles. The molecule has 1 aliphatic heterocycles. The topological polar surface area (TPSA) is 66.5 Å². The van der Waals surface area contributed by atoms with Crippen molar-refractivity contribution in [2.45, 2.75) is 57.4 Å². The first-order valence-corrected chi connectivity index (χ1v) is 11.2. The Labute approximate surface area is 150 Å². The smallest absolute Gasteiger partial charge is 0.254 e. The van der Waals surface area contributed by atoms with E-state index in [4.69, 9.17) is 0 Å². The van der Waals surface area contributed by atoms with Gasteiger partial charge in [-0.15, -0.1) is 0 Å². The normalized spacial score (nSPS) is 22.1. The minimum absolute atomic E-state index is 0.0236. The van der Waals surface area contributed by atoms with Gasteiger partial charge in [-0.1, -0.05) is 38.2 Å². The van der Waals surface area contributed by atoms with Crippen molar-refractivity contribution in [2.24, 2.45) is 5.92 Å². The highest BCUT2D eigenvalue weighted by atomic mass is 32.2. The summed E-state index contributed by atoms with van der Waals surface area (Å²) >= 11 is 0. The van der Waals surface area contributed by atoms with Crippen molar-refractivity contribution in [2.75, 3.05) is 17.5 Å². The number of rotatable bonds is 5. The van der Waals surface area contributed by atoms with Crippen LogP contribution in [0, 0.1) is 5.92 Å². The first kappa shape index (κ1) is 18.2. The lowest BCUT2D eigenvalue weighted by molar-refractivity contribution is 0.0711. The Morgan fingerprint density at radius 1 is 1.16 bits per heavy atom. The fourth-order valence-electron chi connectivity index (χ4n) is 4.25. The van der Waals surface area contributed by atoms with Crippen molar-refractivity contribution in [1.29, 1.82) is 0 Å². The first-order chi connectivity index (χ1) is 11.9. The lowest BCUT2D eigenvalue weighted by Gasteiger charge is -2.30. The number of carbonyl (C=O) groups excluding carboxylic acids is 1. The van der Waals surface area contributed by atoms with E-state index in [1.807, 2.05) is 4.90 Å². The highest BCUT2D eigenvalue weighted by molar-refractivity contribution is 7.92. The van der Waals surface area contributed by atoms with Gasteiger partial charge in [0, 0.05) is 23.8 Å². The Balaban J connectivity index is 1.69. The molecule has 5 nitrogen and oxygen atoms in total. The molecule has 1 heterocycles. The number of amides is 1. The zero-order chi connectivity index (χ0) is 17.9. The number of likely N-dealkylation sites (tertiary alicyclic amines) is 1. The molecular formula is C19H28N2O3S. The summed E-state index contributed by atoms with van der Waals surface area (Å²) in [7, 11) is -3.34. The van der Waals surface area contributed by atoms with Crippen LogP contribution in [0.2, 0.25) is 0 Å². The molecule has 2 aliphatic rings. The Bertz CT molecular complexity index is 711. The van der Waals surface area contributed by atoms with Gasteiger partial charge in [-0.3, -0.25) is 9.52 Å². The third-order valence-corrected chi connectivity index (χ3v) is 5.99. The molecule has 1 unspecified atom stereocenters. The van der Waals surface area contributed by atoms with Crippen LogP contribution >= 0.6 is 0 Å². The molecule has 138 valence electrons. The SMILES string of the molecule is CS(=O)(=O)Nc1cccc(C(=O)N2CCCC2CC2CCCCC2)c1. The van der Waals surface area contributed by atoms with Gasteiger partial charge in [0.1, 0.15) is 0 Å². The number of nitrogens with zero attached hydrogens (tertiary/aromatic N) is 1. The Hall–Kier alpha value is -1.56. The van der Waals surface area contributed by atoms with Crippen LogP contribution in [0.15, 0.2) is 24.3 Å². The van der Waals surface area contributed by atoms with E-state index in [0.717, 1.165) is 38.0 Å². The lowest BCUT2D eigenvalue weighted by atomic mass is 9.84. The van der Waals surface area contributed by atoms with E-state index in [2.05, 4.69) is 4.72 Å². The number of hydrogen-bond acceptors (Lipinski definition) is 3. The van der Waals surface area contributed by atoms with E-state index in [1.165, 1.54) is 32.1 Å². The zero-order valence-electron chi connectivity index (χ0n) is 14.9. The van der Waals surface area contributed by atoms with Crippen LogP contribution in [0.5, 0.6) is 0 Å². The quantitative estimate of drug-likeness (QED) is 0.867. The molecule has 25 heavy (non-hydrogen) atoms. The Kier molecular flexibility index (Phi) is 5.67. The van der Waals surface area contributed by atoms with Crippen molar-refractivity contribution in [3.8, 4) is 0 Å². The molecule has 2 fully saturated rings. The standard InChI is InChI=1S/C19H28N2O3S/c1-25(23,24)20-17-10-5-9-16(14-17)19(22)21-12-6-11-18(21)13-15-7-3-2-4-8-15/h5,9-10,14-15,18,20H,2-4,6-8,11-13H2,1H3. The van der Waals surface area contributed by atoms with E-state index in [-0.39, 0.29) is 5.91 Å². The molecule has 6 heteroatoms. The number of carbonyl (C=O) groups is 1.